The Morgan fingerprint density at radius 1 is 1.00 bits per heavy atom. The molecule has 0 fully saturated rings. The molecule has 1 aliphatic rings. The van der Waals surface area contributed by atoms with E-state index in [1.165, 1.54) is 0 Å². The van der Waals surface area contributed by atoms with Gasteiger partial charge in [0.25, 0.3) is 0 Å². The molecule has 18 heavy (non-hydrogen) atoms. The molecule has 0 aromatic heterocycles. The van der Waals surface area contributed by atoms with Crippen molar-refractivity contribution in [3.05, 3.63) is 70.3 Å². The Morgan fingerprint density at radius 3 is 2.44 bits per heavy atom. The maximum atomic E-state index is 12.4. The van der Waals surface area contributed by atoms with E-state index in [1.54, 1.807) is 13.0 Å². The molecule has 1 N–H and O–H groups in total. The Labute approximate surface area is 106 Å². The molecule has 90 valence electrons. The standard InChI is InChI=1S/C16H14O2/c1-10-7-8-14-12(9-10)15(17)11-5-3-4-6-13(11)16(14,2)18/h3-9,18H,1-2H3. The summed E-state index contributed by atoms with van der Waals surface area (Å²) in [5, 5.41) is 10.7. The summed E-state index contributed by atoms with van der Waals surface area (Å²) in [5.41, 5.74) is 2.51. The van der Waals surface area contributed by atoms with Crippen molar-refractivity contribution in [1.29, 1.82) is 0 Å². The van der Waals surface area contributed by atoms with Crippen LogP contribution in [-0.2, 0) is 5.60 Å². The molecule has 0 amide bonds. The Balaban J connectivity index is 2.37. The van der Waals surface area contributed by atoms with E-state index in [2.05, 4.69) is 0 Å². The molecule has 2 aromatic carbocycles. The first kappa shape index (κ1) is 11.2. The largest absolute Gasteiger partial charge is 0.381 e. The van der Waals surface area contributed by atoms with Crippen molar-refractivity contribution in [3.63, 3.8) is 0 Å². The number of carbonyl (C=O) groups excluding carboxylic acids is 1. The van der Waals surface area contributed by atoms with Gasteiger partial charge in [0.1, 0.15) is 5.60 Å². The average molecular weight is 238 g/mol. The van der Waals surface area contributed by atoms with Crippen molar-refractivity contribution in [2.24, 2.45) is 0 Å². The molecule has 1 atom stereocenters. The van der Waals surface area contributed by atoms with Gasteiger partial charge in [-0.3, -0.25) is 4.79 Å². The molecular weight excluding hydrogens is 224 g/mol. The van der Waals surface area contributed by atoms with Gasteiger partial charge < -0.3 is 5.11 Å². The van der Waals surface area contributed by atoms with Crippen LogP contribution in [0.3, 0.4) is 0 Å². The maximum Gasteiger partial charge on any atom is 0.193 e. The SMILES string of the molecule is Cc1ccc2c(c1)C(=O)c1ccccc1C2(C)O. The first-order valence-electron chi connectivity index (χ1n) is 5.99. The summed E-state index contributed by atoms with van der Waals surface area (Å²) in [6, 6.07) is 12.9. The third kappa shape index (κ3) is 1.36. The summed E-state index contributed by atoms with van der Waals surface area (Å²) in [7, 11) is 0. The van der Waals surface area contributed by atoms with Crippen LogP contribution >= 0.6 is 0 Å². The maximum absolute atomic E-state index is 12.4. The number of hydrogen-bond donors (Lipinski definition) is 1. The summed E-state index contributed by atoms with van der Waals surface area (Å²) in [5.74, 6) is -0.00387. The third-order valence-corrected chi connectivity index (χ3v) is 3.64. The smallest absolute Gasteiger partial charge is 0.193 e. The topological polar surface area (TPSA) is 37.3 Å². The van der Waals surface area contributed by atoms with E-state index >= 15 is 0 Å². The minimum atomic E-state index is -1.10. The van der Waals surface area contributed by atoms with Crippen molar-refractivity contribution in [2.45, 2.75) is 19.4 Å². The summed E-state index contributed by atoms with van der Waals surface area (Å²) in [6.07, 6.45) is 0. The molecule has 0 aliphatic heterocycles. The van der Waals surface area contributed by atoms with Gasteiger partial charge in [0.15, 0.2) is 5.78 Å². The predicted octanol–water partition coefficient (Wildman–Crippen LogP) is 2.80. The number of hydrogen-bond acceptors (Lipinski definition) is 2. The molecule has 0 bridgehead atoms. The van der Waals surface area contributed by atoms with Crippen LogP contribution in [0.1, 0.15) is 39.5 Å². The zero-order valence-corrected chi connectivity index (χ0v) is 10.4. The van der Waals surface area contributed by atoms with Gasteiger partial charge in [-0.05, 0) is 31.0 Å². The molecule has 0 saturated heterocycles. The number of benzene rings is 2. The van der Waals surface area contributed by atoms with Crippen LogP contribution in [-0.4, -0.2) is 10.9 Å². The first-order valence-corrected chi connectivity index (χ1v) is 5.99. The summed E-state index contributed by atoms with van der Waals surface area (Å²) < 4.78 is 0. The molecule has 0 saturated carbocycles. The molecule has 3 rings (SSSR count). The highest BCUT2D eigenvalue weighted by Gasteiger charge is 2.38. The molecule has 0 heterocycles. The molecule has 1 aliphatic carbocycles. The number of rotatable bonds is 0. The highest BCUT2D eigenvalue weighted by molar-refractivity contribution is 6.13. The molecule has 0 radical (unpaired) electrons. The molecular formula is C16H14O2. The monoisotopic (exact) mass is 238 g/mol. The number of fused-ring (bicyclic) bond motifs is 2. The summed E-state index contributed by atoms with van der Waals surface area (Å²) in [6.45, 7) is 3.69. The number of aliphatic hydroxyl groups is 1. The Bertz CT molecular complexity index is 654. The lowest BCUT2D eigenvalue weighted by molar-refractivity contribution is 0.0862. The highest BCUT2D eigenvalue weighted by atomic mass is 16.3. The second-order valence-electron chi connectivity index (χ2n) is 5.00. The fraction of sp³-hybridized carbons (Fsp3) is 0.188. The van der Waals surface area contributed by atoms with Crippen molar-refractivity contribution in [1.82, 2.24) is 0 Å². The van der Waals surface area contributed by atoms with Crippen molar-refractivity contribution < 1.29 is 9.90 Å². The number of ketones is 1. The van der Waals surface area contributed by atoms with Gasteiger partial charge in [-0.2, -0.15) is 0 Å². The zero-order valence-electron chi connectivity index (χ0n) is 10.4. The van der Waals surface area contributed by atoms with Crippen LogP contribution in [0.4, 0.5) is 0 Å². The second kappa shape index (κ2) is 3.53. The van der Waals surface area contributed by atoms with E-state index in [0.29, 0.717) is 22.3 Å². The molecule has 0 spiro atoms. The lowest BCUT2D eigenvalue weighted by Crippen LogP contribution is -2.32. The third-order valence-electron chi connectivity index (χ3n) is 3.64. The molecule has 1 unspecified atom stereocenters. The second-order valence-corrected chi connectivity index (χ2v) is 5.00. The molecule has 2 heteroatoms. The van der Waals surface area contributed by atoms with E-state index in [0.717, 1.165) is 5.56 Å². The van der Waals surface area contributed by atoms with Gasteiger partial charge in [0, 0.05) is 11.1 Å². The number of aryl methyl sites for hydroxylation is 1. The Hall–Kier alpha value is -1.93. The van der Waals surface area contributed by atoms with Crippen molar-refractivity contribution in [3.8, 4) is 0 Å². The van der Waals surface area contributed by atoms with Gasteiger partial charge in [-0.25, -0.2) is 0 Å². The minimum absolute atomic E-state index is 0.00387. The van der Waals surface area contributed by atoms with Crippen molar-refractivity contribution >= 4 is 5.78 Å². The molecule has 2 aromatic rings. The van der Waals surface area contributed by atoms with E-state index in [-0.39, 0.29) is 5.78 Å². The fourth-order valence-electron chi connectivity index (χ4n) is 2.67. The van der Waals surface area contributed by atoms with Crippen LogP contribution in [0.15, 0.2) is 42.5 Å². The van der Waals surface area contributed by atoms with Gasteiger partial charge in [0.2, 0.25) is 0 Å². The van der Waals surface area contributed by atoms with Gasteiger partial charge >= 0.3 is 0 Å². The normalized spacial score (nSPS) is 21.4. The van der Waals surface area contributed by atoms with Crippen molar-refractivity contribution in [2.75, 3.05) is 0 Å². The van der Waals surface area contributed by atoms with Crippen LogP contribution in [0.2, 0.25) is 0 Å². The van der Waals surface area contributed by atoms with E-state index < -0.39 is 5.60 Å². The van der Waals surface area contributed by atoms with E-state index in [9.17, 15) is 9.90 Å². The Morgan fingerprint density at radius 2 is 1.67 bits per heavy atom. The summed E-state index contributed by atoms with van der Waals surface area (Å²) in [4.78, 5) is 12.4. The minimum Gasteiger partial charge on any atom is -0.381 e. The van der Waals surface area contributed by atoms with Gasteiger partial charge in [0.05, 0.1) is 0 Å². The quantitative estimate of drug-likeness (QED) is 0.766. The highest BCUT2D eigenvalue weighted by Crippen LogP contribution is 2.39. The lowest BCUT2D eigenvalue weighted by atomic mass is 9.75. The zero-order chi connectivity index (χ0) is 12.9. The fourth-order valence-corrected chi connectivity index (χ4v) is 2.67. The average Bonchev–Trinajstić information content (AvgIpc) is 2.36. The van der Waals surface area contributed by atoms with Crippen LogP contribution in [0.5, 0.6) is 0 Å². The lowest BCUT2D eigenvalue weighted by Gasteiger charge is -2.32. The van der Waals surface area contributed by atoms with E-state index in [1.807, 2.05) is 43.3 Å². The first-order chi connectivity index (χ1) is 8.51. The molecule has 2 nitrogen and oxygen atoms in total. The predicted molar refractivity (Wildman–Crippen MR) is 69.7 cm³/mol. The van der Waals surface area contributed by atoms with E-state index in [4.69, 9.17) is 0 Å². The Kier molecular flexibility index (Phi) is 2.19. The van der Waals surface area contributed by atoms with Crippen LogP contribution in [0, 0.1) is 6.92 Å². The van der Waals surface area contributed by atoms with Crippen LogP contribution in [0.25, 0.3) is 0 Å². The van der Waals surface area contributed by atoms with Crippen LogP contribution < -0.4 is 0 Å². The van der Waals surface area contributed by atoms with Gasteiger partial charge in [-0.1, -0.05) is 42.0 Å². The number of carbonyl (C=O) groups is 1. The van der Waals surface area contributed by atoms with Gasteiger partial charge in [-0.15, -0.1) is 0 Å². The summed E-state index contributed by atoms with van der Waals surface area (Å²) >= 11 is 0.